The maximum Gasteiger partial charge on any atom is 0.221 e. The van der Waals surface area contributed by atoms with E-state index in [1.165, 1.54) is 0 Å². The Balaban J connectivity index is 3.28. The van der Waals surface area contributed by atoms with E-state index in [4.69, 9.17) is 11.6 Å². The summed E-state index contributed by atoms with van der Waals surface area (Å²) < 4.78 is 0. The second kappa shape index (κ2) is 6.62. The Bertz CT molecular complexity index is 113. The highest BCUT2D eigenvalue weighted by molar-refractivity contribution is 6.63. The van der Waals surface area contributed by atoms with Crippen LogP contribution in [0.2, 0.25) is 0 Å². The predicted octanol–water partition coefficient (Wildman–Crippen LogP) is 1.87. The summed E-state index contributed by atoms with van der Waals surface area (Å²) in [6.45, 7) is 7.31. The lowest BCUT2D eigenvalue weighted by Gasteiger charge is -2.16. The number of carbonyl (C=O) groups is 1. The fraction of sp³-hybridized carbons (Fsp3) is 0.875. The van der Waals surface area contributed by atoms with Gasteiger partial charge in [-0.3, -0.25) is 4.79 Å². The number of carbonyl (C=O) groups excluding carboxylic acids is 1. The summed E-state index contributed by atoms with van der Waals surface area (Å²) >= 11 is 5.19. The molecule has 0 N–H and O–H groups in total. The third-order valence-electron chi connectivity index (χ3n) is 1.74. The topological polar surface area (TPSA) is 20.3 Å². The van der Waals surface area contributed by atoms with E-state index in [0.717, 1.165) is 26.1 Å². The molecular formula is C8H16ClNO. The molecule has 66 valence electrons. The van der Waals surface area contributed by atoms with Crippen LogP contribution in [-0.4, -0.2) is 29.8 Å². The van der Waals surface area contributed by atoms with Gasteiger partial charge in [-0.2, -0.15) is 0 Å². The highest BCUT2D eigenvalue weighted by Crippen LogP contribution is 1.97. The normalized spacial score (nSPS) is 10.5. The third-order valence-corrected chi connectivity index (χ3v) is 1.93. The summed E-state index contributed by atoms with van der Waals surface area (Å²) in [5.41, 5.74) is 0. The molecule has 0 aromatic rings. The summed E-state index contributed by atoms with van der Waals surface area (Å²) in [6, 6.07) is 0. The molecule has 0 saturated carbocycles. The van der Waals surface area contributed by atoms with Gasteiger partial charge in [0.2, 0.25) is 5.24 Å². The van der Waals surface area contributed by atoms with Crippen LogP contribution in [0.5, 0.6) is 0 Å². The van der Waals surface area contributed by atoms with Gasteiger partial charge in [0.15, 0.2) is 0 Å². The molecule has 0 rings (SSSR count). The molecule has 0 atom stereocenters. The van der Waals surface area contributed by atoms with Crippen molar-refractivity contribution < 1.29 is 4.79 Å². The van der Waals surface area contributed by atoms with Crippen molar-refractivity contribution >= 4 is 16.8 Å². The largest absolute Gasteiger partial charge is 0.304 e. The Morgan fingerprint density at radius 1 is 1.36 bits per heavy atom. The summed E-state index contributed by atoms with van der Waals surface area (Å²) in [5.74, 6) is 0. The molecule has 0 saturated heterocycles. The molecule has 0 aliphatic carbocycles. The molecule has 0 aliphatic heterocycles. The zero-order valence-corrected chi connectivity index (χ0v) is 8.02. The van der Waals surface area contributed by atoms with E-state index in [1.54, 1.807) is 0 Å². The zero-order chi connectivity index (χ0) is 8.69. The maximum atomic E-state index is 10.3. The van der Waals surface area contributed by atoms with Gasteiger partial charge in [-0.15, -0.1) is 0 Å². The molecule has 11 heavy (non-hydrogen) atoms. The van der Waals surface area contributed by atoms with Crippen molar-refractivity contribution in [1.29, 1.82) is 0 Å². The monoisotopic (exact) mass is 177 g/mol. The van der Waals surface area contributed by atoms with Gasteiger partial charge < -0.3 is 4.90 Å². The van der Waals surface area contributed by atoms with E-state index < -0.39 is 0 Å². The molecule has 0 fully saturated rings. The number of hydrogen-bond donors (Lipinski definition) is 0. The summed E-state index contributed by atoms with van der Waals surface area (Å²) in [7, 11) is 0. The van der Waals surface area contributed by atoms with Gasteiger partial charge in [-0.1, -0.05) is 13.8 Å². The minimum absolute atomic E-state index is 0.225. The first kappa shape index (κ1) is 10.9. The van der Waals surface area contributed by atoms with Crippen LogP contribution < -0.4 is 0 Å². The number of hydrogen-bond acceptors (Lipinski definition) is 2. The smallest absolute Gasteiger partial charge is 0.221 e. The van der Waals surface area contributed by atoms with Crippen molar-refractivity contribution in [3.8, 4) is 0 Å². The van der Waals surface area contributed by atoms with E-state index in [2.05, 4.69) is 18.7 Å². The van der Waals surface area contributed by atoms with Gasteiger partial charge in [0, 0.05) is 6.42 Å². The minimum Gasteiger partial charge on any atom is -0.304 e. The van der Waals surface area contributed by atoms with Gasteiger partial charge in [-0.05, 0) is 37.7 Å². The zero-order valence-electron chi connectivity index (χ0n) is 7.27. The van der Waals surface area contributed by atoms with E-state index in [1.807, 2.05) is 0 Å². The van der Waals surface area contributed by atoms with Gasteiger partial charge in [0.25, 0.3) is 0 Å². The van der Waals surface area contributed by atoms with Crippen molar-refractivity contribution in [3.05, 3.63) is 0 Å². The fourth-order valence-corrected chi connectivity index (χ4v) is 1.12. The summed E-state index contributed by atoms with van der Waals surface area (Å²) in [5, 5.41) is -0.225. The average Bonchev–Trinajstić information content (AvgIpc) is 1.98. The summed E-state index contributed by atoms with van der Waals surface area (Å²) in [6.07, 6.45) is 1.38. The van der Waals surface area contributed by atoms with Crippen LogP contribution in [0.15, 0.2) is 0 Å². The van der Waals surface area contributed by atoms with Gasteiger partial charge >= 0.3 is 0 Å². The van der Waals surface area contributed by atoms with Crippen LogP contribution in [0.25, 0.3) is 0 Å². The fourth-order valence-electron chi connectivity index (χ4n) is 0.981. The van der Waals surface area contributed by atoms with Crippen molar-refractivity contribution in [3.63, 3.8) is 0 Å². The van der Waals surface area contributed by atoms with Crippen LogP contribution in [0.4, 0.5) is 0 Å². The first-order chi connectivity index (χ1) is 5.20. The Hall–Kier alpha value is -0.0800. The van der Waals surface area contributed by atoms with Crippen molar-refractivity contribution in [2.75, 3.05) is 19.6 Å². The van der Waals surface area contributed by atoms with E-state index in [-0.39, 0.29) is 5.24 Å². The molecule has 0 amide bonds. The second-order valence-electron chi connectivity index (χ2n) is 2.49. The standard InChI is InChI=1S/C8H16ClNO/c1-3-10(4-2)7-5-6-8(9)11/h3-7H2,1-2H3. The molecule has 0 heterocycles. The molecule has 0 aromatic heterocycles. The lowest BCUT2D eigenvalue weighted by atomic mass is 10.3. The molecule has 0 unspecified atom stereocenters. The van der Waals surface area contributed by atoms with E-state index in [9.17, 15) is 4.79 Å². The van der Waals surface area contributed by atoms with Crippen LogP contribution in [0, 0.1) is 0 Å². The second-order valence-corrected chi connectivity index (χ2v) is 2.91. The van der Waals surface area contributed by atoms with Crippen LogP contribution in [0.1, 0.15) is 26.7 Å². The third kappa shape index (κ3) is 6.32. The Morgan fingerprint density at radius 2 is 1.91 bits per heavy atom. The molecule has 0 spiro atoms. The quantitative estimate of drug-likeness (QED) is 0.578. The molecule has 0 bridgehead atoms. The number of nitrogens with zero attached hydrogens (tertiary/aromatic N) is 1. The molecule has 0 aliphatic rings. The van der Waals surface area contributed by atoms with Crippen molar-refractivity contribution in [2.45, 2.75) is 26.7 Å². The Kier molecular flexibility index (Phi) is 6.57. The maximum absolute atomic E-state index is 10.3. The first-order valence-electron chi connectivity index (χ1n) is 4.11. The highest BCUT2D eigenvalue weighted by atomic mass is 35.5. The van der Waals surface area contributed by atoms with Crippen molar-refractivity contribution in [2.24, 2.45) is 0 Å². The Labute approximate surface area is 73.5 Å². The first-order valence-corrected chi connectivity index (χ1v) is 4.49. The Morgan fingerprint density at radius 3 is 2.27 bits per heavy atom. The lowest BCUT2D eigenvalue weighted by Crippen LogP contribution is -2.24. The minimum atomic E-state index is -0.225. The van der Waals surface area contributed by atoms with E-state index in [0.29, 0.717) is 6.42 Å². The molecule has 3 heteroatoms. The van der Waals surface area contributed by atoms with Gasteiger partial charge in [-0.25, -0.2) is 0 Å². The van der Waals surface area contributed by atoms with Crippen LogP contribution in [0.3, 0.4) is 0 Å². The lowest BCUT2D eigenvalue weighted by molar-refractivity contribution is -0.111. The molecule has 0 aromatic carbocycles. The van der Waals surface area contributed by atoms with Gasteiger partial charge in [0.1, 0.15) is 0 Å². The van der Waals surface area contributed by atoms with E-state index >= 15 is 0 Å². The van der Waals surface area contributed by atoms with Crippen LogP contribution >= 0.6 is 11.6 Å². The van der Waals surface area contributed by atoms with Crippen LogP contribution in [-0.2, 0) is 4.79 Å². The predicted molar refractivity (Wildman–Crippen MR) is 47.9 cm³/mol. The molecule has 0 radical (unpaired) electrons. The molecular weight excluding hydrogens is 162 g/mol. The number of rotatable bonds is 6. The average molecular weight is 178 g/mol. The highest BCUT2D eigenvalue weighted by Gasteiger charge is 2.00. The SMILES string of the molecule is CCN(CC)CCCC(=O)Cl. The number of halogens is 1. The van der Waals surface area contributed by atoms with Gasteiger partial charge in [0.05, 0.1) is 0 Å². The molecule has 2 nitrogen and oxygen atoms in total. The summed E-state index contributed by atoms with van der Waals surface area (Å²) in [4.78, 5) is 12.6. The van der Waals surface area contributed by atoms with Crippen molar-refractivity contribution in [1.82, 2.24) is 4.90 Å².